The summed E-state index contributed by atoms with van der Waals surface area (Å²) < 4.78 is 41.6. The van der Waals surface area contributed by atoms with E-state index in [1.807, 2.05) is 26.2 Å². The zero-order valence-corrected chi connectivity index (χ0v) is 18.9. The molecule has 2 aromatic carbocycles. The molecule has 0 aliphatic heterocycles. The SMILES string of the molecule is CN=C(NCc1ccc(CN(C)C)cc1)NCc1ccccc1OC(F)(F)F.I. The van der Waals surface area contributed by atoms with Crippen LogP contribution in [0.4, 0.5) is 13.2 Å². The Kier molecular flexibility index (Phi) is 10.2. The summed E-state index contributed by atoms with van der Waals surface area (Å²) in [6.07, 6.45) is -4.73. The number of hydrogen-bond donors (Lipinski definition) is 2. The van der Waals surface area contributed by atoms with Crippen LogP contribution in [-0.4, -0.2) is 38.4 Å². The van der Waals surface area contributed by atoms with E-state index in [0.717, 1.165) is 12.1 Å². The van der Waals surface area contributed by atoms with Gasteiger partial charge in [0, 0.05) is 32.2 Å². The van der Waals surface area contributed by atoms with Gasteiger partial charge in [0.1, 0.15) is 5.75 Å². The summed E-state index contributed by atoms with van der Waals surface area (Å²) in [6, 6.07) is 14.2. The summed E-state index contributed by atoms with van der Waals surface area (Å²) in [7, 11) is 5.64. The van der Waals surface area contributed by atoms with E-state index < -0.39 is 6.36 Å². The van der Waals surface area contributed by atoms with E-state index in [1.54, 1.807) is 19.2 Å². The highest BCUT2D eigenvalue weighted by Gasteiger charge is 2.31. The normalized spacial score (nSPS) is 11.8. The lowest BCUT2D eigenvalue weighted by Gasteiger charge is -2.16. The Morgan fingerprint density at radius 1 is 0.966 bits per heavy atom. The lowest BCUT2D eigenvalue weighted by molar-refractivity contribution is -0.274. The third-order valence-electron chi connectivity index (χ3n) is 3.85. The lowest BCUT2D eigenvalue weighted by Crippen LogP contribution is -2.36. The number of aliphatic imine (C=N–C) groups is 1. The molecule has 2 rings (SSSR count). The molecule has 0 aromatic heterocycles. The predicted octanol–water partition coefficient (Wildman–Crippen LogP) is 4.13. The Bertz CT molecular complexity index is 780. The summed E-state index contributed by atoms with van der Waals surface area (Å²) in [5, 5.41) is 6.15. The van der Waals surface area contributed by atoms with Crippen LogP contribution in [0.5, 0.6) is 5.75 Å². The van der Waals surface area contributed by atoms with Crippen molar-refractivity contribution in [2.24, 2.45) is 4.99 Å². The number of halogens is 4. The summed E-state index contributed by atoms with van der Waals surface area (Å²) >= 11 is 0. The first-order chi connectivity index (χ1) is 13.3. The molecule has 0 atom stereocenters. The molecular weight excluding hydrogens is 496 g/mol. The molecule has 9 heteroatoms. The number of guanidine groups is 1. The second kappa shape index (κ2) is 11.9. The Hall–Kier alpha value is -2.01. The maximum atomic E-state index is 12.5. The van der Waals surface area contributed by atoms with Gasteiger partial charge in [0.15, 0.2) is 5.96 Å². The van der Waals surface area contributed by atoms with Crippen molar-refractivity contribution in [2.75, 3.05) is 21.1 Å². The molecule has 0 heterocycles. The molecule has 0 aliphatic carbocycles. The predicted molar refractivity (Wildman–Crippen MR) is 119 cm³/mol. The van der Waals surface area contributed by atoms with Gasteiger partial charge in [-0.15, -0.1) is 37.1 Å². The van der Waals surface area contributed by atoms with Crippen LogP contribution in [0.2, 0.25) is 0 Å². The van der Waals surface area contributed by atoms with E-state index in [0.29, 0.717) is 18.1 Å². The molecule has 0 amide bonds. The van der Waals surface area contributed by atoms with Crippen LogP contribution < -0.4 is 15.4 Å². The van der Waals surface area contributed by atoms with Crippen molar-refractivity contribution < 1.29 is 17.9 Å². The first-order valence-electron chi connectivity index (χ1n) is 8.77. The minimum absolute atomic E-state index is 0. The maximum Gasteiger partial charge on any atom is 0.573 e. The van der Waals surface area contributed by atoms with Gasteiger partial charge in [0.05, 0.1) is 0 Å². The van der Waals surface area contributed by atoms with Gasteiger partial charge in [-0.05, 0) is 31.3 Å². The van der Waals surface area contributed by atoms with Crippen LogP contribution in [0, 0.1) is 0 Å². The van der Waals surface area contributed by atoms with Crippen molar-refractivity contribution in [2.45, 2.75) is 26.0 Å². The number of nitrogens with one attached hydrogen (secondary N) is 2. The van der Waals surface area contributed by atoms with Gasteiger partial charge < -0.3 is 20.3 Å². The average Bonchev–Trinajstić information content (AvgIpc) is 2.62. The van der Waals surface area contributed by atoms with Gasteiger partial charge in [0.25, 0.3) is 0 Å². The van der Waals surface area contributed by atoms with E-state index in [1.165, 1.54) is 17.7 Å². The van der Waals surface area contributed by atoms with Crippen LogP contribution in [0.1, 0.15) is 16.7 Å². The molecule has 0 saturated carbocycles. The number of hydrogen-bond acceptors (Lipinski definition) is 3. The van der Waals surface area contributed by atoms with Gasteiger partial charge in [-0.25, -0.2) is 0 Å². The average molecular weight is 522 g/mol. The minimum atomic E-state index is -4.73. The molecule has 0 aliphatic rings. The van der Waals surface area contributed by atoms with Crippen molar-refractivity contribution in [1.82, 2.24) is 15.5 Å². The van der Waals surface area contributed by atoms with Crippen LogP contribution in [0.3, 0.4) is 0 Å². The Morgan fingerprint density at radius 3 is 2.14 bits per heavy atom. The van der Waals surface area contributed by atoms with Gasteiger partial charge in [-0.2, -0.15) is 0 Å². The van der Waals surface area contributed by atoms with Crippen molar-refractivity contribution >= 4 is 29.9 Å². The van der Waals surface area contributed by atoms with Crippen LogP contribution in [0.15, 0.2) is 53.5 Å². The van der Waals surface area contributed by atoms with Crippen molar-refractivity contribution in [3.8, 4) is 5.75 Å². The molecule has 0 radical (unpaired) electrons. The molecule has 2 N–H and O–H groups in total. The first-order valence-corrected chi connectivity index (χ1v) is 8.77. The first kappa shape index (κ1) is 25.0. The zero-order valence-electron chi connectivity index (χ0n) is 16.6. The van der Waals surface area contributed by atoms with E-state index in [2.05, 4.69) is 37.4 Å². The molecule has 29 heavy (non-hydrogen) atoms. The van der Waals surface area contributed by atoms with Gasteiger partial charge in [0.2, 0.25) is 0 Å². The number of alkyl halides is 3. The summed E-state index contributed by atoms with van der Waals surface area (Å²) in [4.78, 5) is 6.20. The third kappa shape index (κ3) is 9.35. The topological polar surface area (TPSA) is 48.9 Å². The quantitative estimate of drug-likeness (QED) is 0.327. The fourth-order valence-corrected chi connectivity index (χ4v) is 2.59. The third-order valence-corrected chi connectivity index (χ3v) is 3.85. The standard InChI is InChI=1S/C20H25F3N4O.HI/c1-24-19(25-12-15-8-10-16(11-9-15)14-27(2)3)26-13-17-6-4-5-7-18(17)28-20(21,22)23;/h4-11H,12-14H2,1-3H3,(H2,24,25,26);1H. The largest absolute Gasteiger partial charge is 0.573 e. The lowest BCUT2D eigenvalue weighted by atomic mass is 10.1. The molecular formula is C20H26F3IN4O. The number of benzene rings is 2. The molecule has 5 nitrogen and oxygen atoms in total. The number of para-hydroxylation sites is 1. The van der Waals surface area contributed by atoms with E-state index >= 15 is 0 Å². The molecule has 0 fully saturated rings. The fraction of sp³-hybridized carbons (Fsp3) is 0.350. The highest BCUT2D eigenvalue weighted by molar-refractivity contribution is 14.0. The van der Waals surface area contributed by atoms with Crippen molar-refractivity contribution in [1.29, 1.82) is 0 Å². The molecule has 160 valence electrons. The Labute approximate surface area is 186 Å². The number of rotatable bonds is 7. The van der Waals surface area contributed by atoms with Gasteiger partial charge in [-0.1, -0.05) is 42.5 Å². The van der Waals surface area contributed by atoms with Gasteiger partial charge in [-0.3, -0.25) is 4.99 Å². The van der Waals surface area contributed by atoms with Gasteiger partial charge >= 0.3 is 6.36 Å². The molecule has 0 spiro atoms. The molecule has 0 bridgehead atoms. The van der Waals surface area contributed by atoms with E-state index in [-0.39, 0.29) is 36.3 Å². The van der Waals surface area contributed by atoms with E-state index in [9.17, 15) is 13.2 Å². The Morgan fingerprint density at radius 2 is 1.55 bits per heavy atom. The van der Waals surface area contributed by atoms with Crippen molar-refractivity contribution in [3.63, 3.8) is 0 Å². The highest BCUT2D eigenvalue weighted by Crippen LogP contribution is 2.26. The van der Waals surface area contributed by atoms with Crippen LogP contribution >= 0.6 is 24.0 Å². The summed E-state index contributed by atoms with van der Waals surface area (Å²) in [5.41, 5.74) is 2.68. The fourth-order valence-electron chi connectivity index (χ4n) is 2.59. The monoisotopic (exact) mass is 522 g/mol. The van der Waals surface area contributed by atoms with Crippen LogP contribution in [-0.2, 0) is 19.6 Å². The molecule has 0 saturated heterocycles. The second-order valence-electron chi connectivity index (χ2n) is 6.49. The smallest absolute Gasteiger partial charge is 0.405 e. The van der Waals surface area contributed by atoms with E-state index in [4.69, 9.17) is 0 Å². The summed E-state index contributed by atoms with van der Waals surface area (Å²) in [5.74, 6) is 0.258. The minimum Gasteiger partial charge on any atom is -0.405 e. The Balaban J connectivity index is 0.00000420. The number of nitrogens with zero attached hydrogens (tertiary/aromatic N) is 2. The number of ether oxygens (including phenoxy) is 1. The zero-order chi connectivity index (χ0) is 20.6. The highest BCUT2D eigenvalue weighted by atomic mass is 127. The van der Waals surface area contributed by atoms with Crippen molar-refractivity contribution in [3.05, 3.63) is 65.2 Å². The molecule has 0 unspecified atom stereocenters. The maximum absolute atomic E-state index is 12.5. The molecule has 2 aromatic rings. The van der Waals surface area contributed by atoms with Crippen LogP contribution in [0.25, 0.3) is 0 Å². The summed E-state index contributed by atoms with van der Waals surface area (Å²) in [6.45, 7) is 1.56. The second-order valence-corrected chi connectivity index (χ2v) is 6.49.